The molecule has 2 saturated heterocycles. The third kappa shape index (κ3) is 2.09. The summed E-state index contributed by atoms with van der Waals surface area (Å²) in [6.45, 7) is 1.01. The third-order valence-corrected chi connectivity index (χ3v) is 5.16. The number of aliphatic imine (C=N–C) groups is 1. The van der Waals surface area contributed by atoms with Gasteiger partial charge in [0, 0.05) is 23.9 Å². The van der Waals surface area contributed by atoms with Gasteiger partial charge in [0.25, 0.3) is 0 Å². The number of rotatable bonds is 1. The highest BCUT2D eigenvalue weighted by Crippen LogP contribution is 2.32. The van der Waals surface area contributed by atoms with E-state index in [2.05, 4.69) is 22.3 Å². The van der Waals surface area contributed by atoms with Gasteiger partial charge in [-0.3, -0.25) is 4.99 Å². The zero-order valence-corrected chi connectivity index (χ0v) is 10.8. The minimum absolute atomic E-state index is 0.677. The summed E-state index contributed by atoms with van der Waals surface area (Å²) >= 11 is 1.89. The summed E-state index contributed by atoms with van der Waals surface area (Å²) in [7, 11) is 2.31. The van der Waals surface area contributed by atoms with Crippen LogP contribution in [-0.4, -0.2) is 47.5 Å². The molecule has 2 unspecified atom stereocenters. The van der Waals surface area contributed by atoms with Crippen LogP contribution < -0.4 is 5.32 Å². The second kappa shape index (κ2) is 4.57. The Morgan fingerprint density at radius 1 is 1.31 bits per heavy atom. The van der Waals surface area contributed by atoms with Crippen LogP contribution in [0.4, 0.5) is 0 Å². The maximum atomic E-state index is 4.50. The minimum atomic E-state index is 0.677. The fourth-order valence-electron chi connectivity index (χ4n) is 3.33. The first-order valence-electron chi connectivity index (χ1n) is 6.48. The lowest BCUT2D eigenvalue weighted by molar-refractivity contribution is 0.0530. The van der Waals surface area contributed by atoms with E-state index in [-0.39, 0.29) is 0 Å². The summed E-state index contributed by atoms with van der Waals surface area (Å²) in [5.41, 5.74) is 0. The number of piperidine rings is 2. The van der Waals surface area contributed by atoms with Crippen LogP contribution in [0.25, 0.3) is 0 Å². The quantitative estimate of drug-likeness (QED) is 0.754. The summed E-state index contributed by atoms with van der Waals surface area (Å²) < 4.78 is 0. The van der Waals surface area contributed by atoms with Crippen LogP contribution in [0.5, 0.6) is 0 Å². The summed E-state index contributed by atoms with van der Waals surface area (Å²) in [5.74, 6) is 1.17. The molecule has 0 spiro atoms. The van der Waals surface area contributed by atoms with E-state index in [9.17, 15) is 0 Å². The van der Waals surface area contributed by atoms with Crippen LogP contribution in [0.15, 0.2) is 4.99 Å². The summed E-state index contributed by atoms with van der Waals surface area (Å²) in [4.78, 5) is 7.11. The van der Waals surface area contributed by atoms with E-state index in [1.165, 1.54) is 43.0 Å². The highest BCUT2D eigenvalue weighted by atomic mass is 32.2. The average Bonchev–Trinajstić information content (AvgIpc) is 2.72. The monoisotopic (exact) mass is 239 g/mol. The smallest absolute Gasteiger partial charge is 0.156 e. The van der Waals surface area contributed by atoms with E-state index in [0.717, 1.165) is 18.6 Å². The zero-order valence-electron chi connectivity index (χ0n) is 9.98. The van der Waals surface area contributed by atoms with Crippen LogP contribution in [-0.2, 0) is 0 Å². The van der Waals surface area contributed by atoms with E-state index >= 15 is 0 Å². The summed E-state index contributed by atoms with van der Waals surface area (Å²) in [6.07, 6.45) is 6.84. The Kier molecular flexibility index (Phi) is 3.11. The third-order valence-electron chi connectivity index (χ3n) is 4.25. The predicted octanol–water partition coefficient (Wildman–Crippen LogP) is 1.69. The molecule has 0 aromatic heterocycles. The van der Waals surface area contributed by atoms with Crippen molar-refractivity contribution in [2.45, 2.75) is 50.2 Å². The Labute approximate surface area is 102 Å². The van der Waals surface area contributed by atoms with Gasteiger partial charge < -0.3 is 10.2 Å². The summed E-state index contributed by atoms with van der Waals surface area (Å²) in [5, 5.41) is 4.85. The maximum Gasteiger partial charge on any atom is 0.156 e. The lowest BCUT2D eigenvalue weighted by Crippen LogP contribution is -2.54. The lowest BCUT2D eigenvalue weighted by atomic mass is 9.82. The molecule has 3 aliphatic heterocycles. The molecule has 0 radical (unpaired) electrons. The first-order valence-corrected chi connectivity index (χ1v) is 7.47. The van der Waals surface area contributed by atoms with E-state index in [0.29, 0.717) is 6.04 Å². The van der Waals surface area contributed by atoms with Gasteiger partial charge in [-0.15, -0.1) is 0 Å². The minimum Gasteiger partial charge on any atom is -0.362 e. The standard InChI is InChI=1S/C12H21N3S/c1-15-10-3-2-4-11(15)8-9(7-10)14-12-13-5-6-16-12/h9-11H,2-8H2,1H3,(H,13,14). The molecule has 0 saturated carbocycles. The van der Waals surface area contributed by atoms with Crippen LogP contribution in [0, 0.1) is 0 Å². The number of thioether (sulfide) groups is 1. The van der Waals surface area contributed by atoms with Gasteiger partial charge in [0.2, 0.25) is 0 Å². The summed E-state index contributed by atoms with van der Waals surface area (Å²) in [6, 6.07) is 2.31. The number of nitrogens with zero attached hydrogens (tertiary/aromatic N) is 2. The Morgan fingerprint density at radius 2 is 2.06 bits per heavy atom. The SMILES string of the molecule is CN1C2CCCC1CC(NC1=NCCS1)C2. The number of hydrogen-bond donors (Lipinski definition) is 1. The number of hydrogen-bond acceptors (Lipinski definition) is 4. The van der Waals surface area contributed by atoms with Crippen LogP contribution >= 0.6 is 11.8 Å². The van der Waals surface area contributed by atoms with Crippen molar-refractivity contribution in [3.63, 3.8) is 0 Å². The average molecular weight is 239 g/mol. The normalized spacial score (nSPS) is 39.6. The van der Waals surface area contributed by atoms with Crippen molar-refractivity contribution in [2.24, 2.45) is 4.99 Å². The fraction of sp³-hybridized carbons (Fsp3) is 0.917. The highest BCUT2D eigenvalue weighted by molar-refractivity contribution is 8.14. The second-order valence-electron chi connectivity index (χ2n) is 5.25. The van der Waals surface area contributed by atoms with Crippen molar-refractivity contribution in [1.29, 1.82) is 0 Å². The zero-order chi connectivity index (χ0) is 11.0. The molecule has 2 bridgehead atoms. The molecule has 2 fully saturated rings. The van der Waals surface area contributed by atoms with Crippen LogP contribution in [0.1, 0.15) is 32.1 Å². The van der Waals surface area contributed by atoms with Crippen molar-refractivity contribution in [3.05, 3.63) is 0 Å². The lowest BCUT2D eigenvalue weighted by Gasteiger charge is -2.47. The van der Waals surface area contributed by atoms with Gasteiger partial charge in [-0.05, 0) is 32.7 Å². The molecule has 3 heterocycles. The molecule has 3 nitrogen and oxygen atoms in total. The molecule has 2 atom stereocenters. The Bertz CT molecular complexity index is 278. The van der Waals surface area contributed by atoms with E-state index in [1.807, 2.05) is 11.8 Å². The van der Waals surface area contributed by atoms with Crippen molar-refractivity contribution < 1.29 is 0 Å². The molecule has 0 aliphatic carbocycles. The molecule has 16 heavy (non-hydrogen) atoms. The van der Waals surface area contributed by atoms with Gasteiger partial charge >= 0.3 is 0 Å². The topological polar surface area (TPSA) is 27.6 Å². The highest BCUT2D eigenvalue weighted by Gasteiger charge is 2.36. The second-order valence-corrected chi connectivity index (χ2v) is 6.34. The molecular weight excluding hydrogens is 218 g/mol. The van der Waals surface area contributed by atoms with Crippen molar-refractivity contribution >= 4 is 16.9 Å². The van der Waals surface area contributed by atoms with Gasteiger partial charge in [0.1, 0.15) is 0 Å². The van der Waals surface area contributed by atoms with Gasteiger partial charge in [0.15, 0.2) is 5.17 Å². The van der Waals surface area contributed by atoms with Crippen molar-refractivity contribution in [3.8, 4) is 0 Å². The molecule has 4 heteroatoms. The first kappa shape index (κ1) is 10.9. The van der Waals surface area contributed by atoms with Crippen molar-refractivity contribution in [2.75, 3.05) is 19.3 Å². The number of amidine groups is 1. The molecule has 0 amide bonds. The molecule has 0 aromatic rings. The van der Waals surface area contributed by atoms with Crippen LogP contribution in [0.3, 0.4) is 0 Å². The largest absolute Gasteiger partial charge is 0.362 e. The Balaban J connectivity index is 1.61. The molecule has 3 aliphatic rings. The van der Waals surface area contributed by atoms with Gasteiger partial charge in [0.05, 0.1) is 6.54 Å². The van der Waals surface area contributed by atoms with E-state index in [1.54, 1.807) is 0 Å². The predicted molar refractivity (Wildman–Crippen MR) is 70.1 cm³/mol. The molecule has 3 rings (SSSR count). The van der Waals surface area contributed by atoms with E-state index < -0.39 is 0 Å². The van der Waals surface area contributed by atoms with Gasteiger partial charge in [-0.25, -0.2) is 0 Å². The number of fused-ring (bicyclic) bond motifs is 2. The number of nitrogens with one attached hydrogen (secondary N) is 1. The van der Waals surface area contributed by atoms with Gasteiger partial charge in [-0.1, -0.05) is 18.2 Å². The molecule has 90 valence electrons. The Hall–Kier alpha value is -0.220. The van der Waals surface area contributed by atoms with Crippen LogP contribution in [0.2, 0.25) is 0 Å². The molecule has 1 N–H and O–H groups in total. The van der Waals surface area contributed by atoms with Gasteiger partial charge in [-0.2, -0.15) is 0 Å². The Morgan fingerprint density at radius 3 is 2.69 bits per heavy atom. The fourth-order valence-corrected chi connectivity index (χ4v) is 4.14. The molecule has 0 aromatic carbocycles. The first-order chi connectivity index (χ1) is 7.83. The maximum absolute atomic E-state index is 4.50. The van der Waals surface area contributed by atoms with Crippen molar-refractivity contribution in [1.82, 2.24) is 10.2 Å². The van der Waals surface area contributed by atoms with E-state index in [4.69, 9.17) is 0 Å². The molecular formula is C12H21N3S.